The van der Waals surface area contributed by atoms with Crippen molar-refractivity contribution in [1.29, 1.82) is 0 Å². The summed E-state index contributed by atoms with van der Waals surface area (Å²) in [6.07, 6.45) is 0. The number of nitrogens with zero attached hydrogens (tertiary/aromatic N) is 1. The van der Waals surface area contributed by atoms with Crippen molar-refractivity contribution in [3.63, 3.8) is 0 Å². The van der Waals surface area contributed by atoms with Gasteiger partial charge in [0.1, 0.15) is 0 Å². The quantitative estimate of drug-likeness (QED) is 0.486. The number of rotatable bonds is 4. The summed E-state index contributed by atoms with van der Waals surface area (Å²) in [4.78, 5) is 16.1. The van der Waals surface area contributed by atoms with E-state index in [0.717, 1.165) is 17.7 Å². The van der Waals surface area contributed by atoms with Gasteiger partial charge in [-0.15, -0.1) is 0 Å². The van der Waals surface area contributed by atoms with Crippen LogP contribution >= 0.6 is 0 Å². The van der Waals surface area contributed by atoms with E-state index >= 15 is 0 Å². The van der Waals surface area contributed by atoms with Crippen LogP contribution in [-0.2, 0) is 0 Å². The number of hydrogen-bond acceptors (Lipinski definition) is 2. The minimum absolute atomic E-state index is 0.0114. The molecule has 0 bridgehead atoms. The van der Waals surface area contributed by atoms with E-state index in [1.165, 1.54) is 11.1 Å². The van der Waals surface area contributed by atoms with Gasteiger partial charge in [0, 0.05) is 23.7 Å². The maximum Gasteiger partial charge on any atom is 0.171 e. The molecule has 1 saturated heterocycles. The molecule has 0 unspecified atom stereocenters. The number of carbonyl (C=O) groups is 1. The molecular formula is C27H29NO. The van der Waals surface area contributed by atoms with Gasteiger partial charge >= 0.3 is 0 Å². The zero-order chi connectivity index (χ0) is 20.6. The molecule has 0 aliphatic carbocycles. The number of carbonyl (C=O) groups excluding carboxylic acids is 1. The molecule has 1 fully saturated rings. The van der Waals surface area contributed by atoms with Gasteiger partial charge in [-0.3, -0.25) is 9.69 Å². The average molecular weight is 384 g/mol. The predicted octanol–water partition coefficient (Wildman–Crippen LogP) is 6.40. The highest BCUT2D eigenvalue weighted by molar-refractivity contribution is 6.02. The summed E-state index contributed by atoms with van der Waals surface area (Å²) in [6, 6.07) is 28.9. The van der Waals surface area contributed by atoms with Crippen molar-refractivity contribution in [2.45, 2.75) is 39.3 Å². The monoisotopic (exact) mass is 383 g/mol. The fourth-order valence-electron chi connectivity index (χ4n) is 4.54. The van der Waals surface area contributed by atoms with E-state index < -0.39 is 5.41 Å². The van der Waals surface area contributed by atoms with Gasteiger partial charge in [-0.05, 0) is 44.4 Å². The molecule has 148 valence electrons. The van der Waals surface area contributed by atoms with Crippen LogP contribution in [0.5, 0.6) is 0 Å². The molecule has 0 saturated carbocycles. The standard InChI is InChI=1S/C27H29NO/c1-26(2,3)28-19-27(4,24(28)22-13-9-6-10-14-22)25(29)23-17-15-21(16-18-23)20-11-7-5-8-12-20/h5-18,24H,19H2,1-4H3/t24-,27-/m0/s1. The van der Waals surface area contributed by atoms with Gasteiger partial charge < -0.3 is 0 Å². The van der Waals surface area contributed by atoms with Gasteiger partial charge in [0.25, 0.3) is 0 Å². The van der Waals surface area contributed by atoms with Crippen LogP contribution in [0.3, 0.4) is 0 Å². The van der Waals surface area contributed by atoms with Crippen molar-refractivity contribution in [1.82, 2.24) is 4.90 Å². The normalized spacial score (nSPS) is 22.1. The maximum atomic E-state index is 13.6. The van der Waals surface area contributed by atoms with Crippen LogP contribution in [0.1, 0.15) is 49.7 Å². The molecule has 2 atom stereocenters. The van der Waals surface area contributed by atoms with Crippen molar-refractivity contribution >= 4 is 5.78 Å². The second kappa shape index (κ2) is 7.27. The molecule has 2 nitrogen and oxygen atoms in total. The van der Waals surface area contributed by atoms with E-state index in [-0.39, 0.29) is 17.4 Å². The smallest absolute Gasteiger partial charge is 0.171 e. The third kappa shape index (κ3) is 3.54. The zero-order valence-corrected chi connectivity index (χ0v) is 17.7. The Hall–Kier alpha value is -2.71. The van der Waals surface area contributed by atoms with Gasteiger partial charge in [-0.25, -0.2) is 0 Å². The molecule has 1 heterocycles. The first kappa shape index (κ1) is 19.6. The van der Waals surface area contributed by atoms with Crippen LogP contribution in [0.15, 0.2) is 84.9 Å². The first-order chi connectivity index (χ1) is 13.8. The van der Waals surface area contributed by atoms with Crippen LogP contribution in [0.4, 0.5) is 0 Å². The Morgan fingerprint density at radius 3 is 1.90 bits per heavy atom. The van der Waals surface area contributed by atoms with E-state index in [0.29, 0.717) is 0 Å². The van der Waals surface area contributed by atoms with E-state index in [2.05, 4.69) is 81.1 Å². The van der Waals surface area contributed by atoms with Crippen LogP contribution in [0.25, 0.3) is 11.1 Å². The molecule has 0 spiro atoms. The fraction of sp³-hybridized carbons (Fsp3) is 0.296. The van der Waals surface area contributed by atoms with E-state index in [9.17, 15) is 4.79 Å². The molecule has 1 aliphatic heterocycles. The lowest BCUT2D eigenvalue weighted by Gasteiger charge is -2.60. The Morgan fingerprint density at radius 2 is 1.34 bits per heavy atom. The number of ketones is 1. The van der Waals surface area contributed by atoms with Crippen molar-refractivity contribution in [3.05, 3.63) is 96.1 Å². The van der Waals surface area contributed by atoms with Crippen LogP contribution in [0.2, 0.25) is 0 Å². The largest absolute Gasteiger partial charge is 0.293 e. The SMILES string of the molecule is CC(C)(C)N1C[C@](C)(C(=O)c2ccc(-c3ccccc3)cc2)[C@@H]1c1ccccc1. The minimum Gasteiger partial charge on any atom is -0.293 e. The molecular weight excluding hydrogens is 354 g/mol. The lowest BCUT2D eigenvalue weighted by molar-refractivity contribution is -0.0951. The van der Waals surface area contributed by atoms with E-state index in [1.807, 2.05) is 36.4 Å². The third-order valence-electron chi connectivity index (χ3n) is 6.16. The molecule has 29 heavy (non-hydrogen) atoms. The van der Waals surface area contributed by atoms with Gasteiger partial charge in [-0.1, -0.05) is 84.9 Å². The number of benzene rings is 3. The zero-order valence-electron chi connectivity index (χ0n) is 17.7. The van der Waals surface area contributed by atoms with Crippen LogP contribution < -0.4 is 0 Å². The summed E-state index contributed by atoms with van der Waals surface area (Å²) in [7, 11) is 0. The second-order valence-corrected chi connectivity index (χ2v) is 9.30. The lowest BCUT2D eigenvalue weighted by atomic mass is 9.64. The number of likely N-dealkylation sites (tertiary alicyclic amines) is 1. The van der Waals surface area contributed by atoms with Crippen LogP contribution in [-0.4, -0.2) is 22.8 Å². The average Bonchev–Trinajstić information content (AvgIpc) is 2.72. The molecule has 0 amide bonds. The number of Topliss-reactive ketones (excluding diaryl/α,β-unsaturated/α-hetero) is 1. The first-order valence-corrected chi connectivity index (χ1v) is 10.3. The number of hydrogen-bond donors (Lipinski definition) is 0. The van der Waals surface area contributed by atoms with Gasteiger partial charge in [0.15, 0.2) is 5.78 Å². The van der Waals surface area contributed by atoms with E-state index in [4.69, 9.17) is 0 Å². The maximum absolute atomic E-state index is 13.6. The Morgan fingerprint density at radius 1 is 0.828 bits per heavy atom. The Balaban J connectivity index is 1.65. The minimum atomic E-state index is -0.428. The Bertz CT molecular complexity index is 986. The topological polar surface area (TPSA) is 20.3 Å². The van der Waals surface area contributed by atoms with Crippen molar-refractivity contribution in [2.75, 3.05) is 6.54 Å². The Kier molecular flexibility index (Phi) is 4.92. The molecule has 0 aromatic heterocycles. The highest BCUT2D eigenvalue weighted by Crippen LogP contribution is 2.53. The lowest BCUT2D eigenvalue weighted by Crippen LogP contribution is -2.66. The Labute approximate surface area is 174 Å². The van der Waals surface area contributed by atoms with Gasteiger partial charge in [-0.2, -0.15) is 0 Å². The molecule has 2 heteroatoms. The molecule has 3 aromatic carbocycles. The third-order valence-corrected chi connectivity index (χ3v) is 6.16. The van der Waals surface area contributed by atoms with E-state index in [1.54, 1.807) is 0 Å². The highest BCUT2D eigenvalue weighted by atomic mass is 16.1. The molecule has 4 rings (SSSR count). The van der Waals surface area contributed by atoms with Crippen LogP contribution in [0, 0.1) is 5.41 Å². The summed E-state index contributed by atoms with van der Waals surface area (Å²) in [5.41, 5.74) is 3.90. The molecule has 0 N–H and O–H groups in total. The van der Waals surface area contributed by atoms with Gasteiger partial charge in [0.05, 0.1) is 5.41 Å². The predicted molar refractivity (Wildman–Crippen MR) is 120 cm³/mol. The fourth-order valence-corrected chi connectivity index (χ4v) is 4.54. The summed E-state index contributed by atoms with van der Waals surface area (Å²) >= 11 is 0. The highest BCUT2D eigenvalue weighted by Gasteiger charge is 2.57. The van der Waals surface area contributed by atoms with Crippen molar-refractivity contribution in [2.24, 2.45) is 5.41 Å². The molecule has 0 radical (unpaired) electrons. The van der Waals surface area contributed by atoms with Crippen molar-refractivity contribution < 1.29 is 4.79 Å². The summed E-state index contributed by atoms with van der Waals surface area (Å²) < 4.78 is 0. The van der Waals surface area contributed by atoms with Crippen molar-refractivity contribution in [3.8, 4) is 11.1 Å². The second-order valence-electron chi connectivity index (χ2n) is 9.30. The summed E-state index contributed by atoms with van der Waals surface area (Å²) in [6.45, 7) is 9.57. The summed E-state index contributed by atoms with van der Waals surface area (Å²) in [5.74, 6) is 0.228. The first-order valence-electron chi connectivity index (χ1n) is 10.3. The molecule has 1 aliphatic rings. The molecule has 3 aromatic rings. The van der Waals surface area contributed by atoms with Gasteiger partial charge in [0.2, 0.25) is 0 Å². The summed E-state index contributed by atoms with van der Waals surface area (Å²) in [5, 5.41) is 0.